The Morgan fingerprint density at radius 2 is 2.11 bits per heavy atom. The van der Waals surface area contributed by atoms with E-state index < -0.39 is 0 Å². The Morgan fingerprint density at radius 1 is 1.28 bits per heavy atom. The van der Waals surface area contributed by atoms with Gasteiger partial charge >= 0.3 is 0 Å². The molecule has 1 saturated heterocycles. The summed E-state index contributed by atoms with van der Waals surface area (Å²) in [6.07, 6.45) is 3.70. The summed E-state index contributed by atoms with van der Waals surface area (Å²) in [5.74, 6) is -0.253. The number of primary amides is 1. The molecule has 1 aromatic heterocycles. The summed E-state index contributed by atoms with van der Waals surface area (Å²) < 4.78 is 0. The molecule has 92 valence electrons. The zero-order valence-corrected chi connectivity index (χ0v) is 9.97. The van der Waals surface area contributed by atoms with Gasteiger partial charge in [0.1, 0.15) is 0 Å². The Hall–Kier alpha value is -1.94. The molecule has 0 saturated carbocycles. The Morgan fingerprint density at radius 3 is 2.94 bits per heavy atom. The number of benzene rings is 1. The molecule has 1 fully saturated rings. The van der Waals surface area contributed by atoms with Gasteiger partial charge in [-0.2, -0.15) is 0 Å². The molecule has 0 radical (unpaired) electrons. The molecule has 0 bridgehead atoms. The van der Waals surface area contributed by atoms with Gasteiger partial charge in [0.15, 0.2) is 0 Å². The number of nitrogens with zero attached hydrogens (tertiary/aromatic N) is 1. The summed E-state index contributed by atoms with van der Waals surface area (Å²) in [4.78, 5) is 15.8. The van der Waals surface area contributed by atoms with E-state index in [0.717, 1.165) is 22.9 Å². The van der Waals surface area contributed by atoms with Gasteiger partial charge in [-0.3, -0.25) is 9.78 Å². The zero-order valence-electron chi connectivity index (χ0n) is 9.97. The van der Waals surface area contributed by atoms with E-state index in [-0.39, 0.29) is 17.7 Å². The van der Waals surface area contributed by atoms with Crippen LogP contribution >= 0.6 is 0 Å². The van der Waals surface area contributed by atoms with Crippen LogP contribution in [0.25, 0.3) is 10.8 Å². The molecule has 4 nitrogen and oxygen atoms in total. The Balaban J connectivity index is 2.11. The summed E-state index contributed by atoms with van der Waals surface area (Å²) in [6, 6.07) is 8.11. The third-order valence-electron chi connectivity index (χ3n) is 3.68. The highest BCUT2D eigenvalue weighted by atomic mass is 16.1. The van der Waals surface area contributed by atoms with Crippen molar-refractivity contribution in [3.63, 3.8) is 0 Å². The van der Waals surface area contributed by atoms with E-state index in [1.807, 2.05) is 30.6 Å². The molecule has 1 aliphatic rings. The van der Waals surface area contributed by atoms with Crippen LogP contribution in [0.15, 0.2) is 36.7 Å². The number of hydrogen-bond donors (Lipinski definition) is 2. The molecule has 0 aliphatic carbocycles. The predicted octanol–water partition coefficient (Wildman–Crippen LogP) is 1.02. The maximum absolute atomic E-state index is 11.5. The molecular weight excluding hydrogens is 226 g/mol. The molecule has 3 N–H and O–H groups in total. The number of amides is 1. The molecule has 1 aliphatic heterocycles. The van der Waals surface area contributed by atoms with Crippen molar-refractivity contribution in [1.29, 1.82) is 0 Å². The zero-order chi connectivity index (χ0) is 12.5. The van der Waals surface area contributed by atoms with Gasteiger partial charge < -0.3 is 11.1 Å². The van der Waals surface area contributed by atoms with Crippen molar-refractivity contribution < 1.29 is 4.79 Å². The fourth-order valence-electron chi connectivity index (χ4n) is 2.74. The number of aromatic nitrogens is 1. The Kier molecular flexibility index (Phi) is 2.72. The van der Waals surface area contributed by atoms with Crippen LogP contribution in [0.1, 0.15) is 11.5 Å². The number of carbonyl (C=O) groups excluding carboxylic acids is 1. The van der Waals surface area contributed by atoms with Crippen molar-refractivity contribution in [2.24, 2.45) is 11.7 Å². The molecule has 1 amide bonds. The third kappa shape index (κ3) is 1.75. The van der Waals surface area contributed by atoms with Crippen molar-refractivity contribution in [2.75, 3.05) is 13.1 Å². The second kappa shape index (κ2) is 4.38. The summed E-state index contributed by atoms with van der Waals surface area (Å²) >= 11 is 0. The van der Waals surface area contributed by atoms with E-state index in [4.69, 9.17) is 5.73 Å². The standard InChI is InChI=1S/C14H15N3O/c15-14(18)13-8-17-7-12(13)11-6-16-5-9-3-1-2-4-10(9)11/h1-6,12-13,17H,7-8H2,(H2,15,18). The fourth-order valence-corrected chi connectivity index (χ4v) is 2.74. The van der Waals surface area contributed by atoms with E-state index in [2.05, 4.69) is 16.4 Å². The lowest BCUT2D eigenvalue weighted by Crippen LogP contribution is -2.28. The smallest absolute Gasteiger partial charge is 0.222 e. The van der Waals surface area contributed by atoms with Crippen molar-refractivity contribution in [3.05, 3.63) is 42.2 Å². The number of nitrogens with one attached hydrogen (secondary N) is 1. The molecule has 2 heterocycles. The number of hydrogen-bond acceptors (Lipinski definition) is 3. The number of nitrogens with two attached hydrogens (primary N) is 1. The minimum Gasteiger partial charge on any atom is -0.369 e. The van der Waals surface area contributed by atoms with Gasteiger partial charge in [0.2, 0.25) is 5.91 Å². The highest BCUT2D eigenvalue weighted by Gasteiger charge is 2.33. The van der Waals surface area contributed by atoms with Crippen LogP contribution in [0, 0.1) is 5.92 Å². The van der Waals surface area contributed by atoms with E-state index in [1.165, 1.54) is 0 Å². The first-order valence-electron chi connectivity index (χ1n) is 6.10. The van der Waals surface area contributed by atoms with Crippen LogP contribution in [0.5, 0.6) is 0 Å². The number of pyridine rings is 1. The van der Waals surface area contributed by atoms with Gasteiger partial charge in [-0.1, -0.05) is 24.3 Å². The predicted molar refractivity (Wildman–Crippen MR) is 70.0 cm³/mol. The van der Waals surface area contributed by atoms with E-state index in [0.29, 0.717) is 6.54 Å². The van der Waals surface area contributed by atoms with Crippen molar-refractivity contribution in [2.45, 2.75) is 5.92 Å². The van der Waals surface area contributed by atoms with Crippen molar-refractivity contribution in [1.82, 2.24) is 10.3 Å². The molecule has 18 heavy (non-hydrogen) atoms. The first-order chi connectivity index (χ1) is 8.77. The average molecular weight is 241 g/mol. The van der Waals surface area contributed by atoms with E-state index >= 15 is 0 Å². The topological polar surface area (TPSA) is 68.0 Å². The second-order valence-corrected chi connectivity index (χ2v) is 4.72. The first kappa shape index (κ1) is 11.2. The maximum Gasteiger partial charge on any atom is 0.222 e. The highest BCUT2D eigenvalue weighted by Crippen LogP contribution is 2.32. The van der Waals surface area contributed by atoms with Crippen LogP contribution in [0.4, 0.5) is 0 Å². The third-order valence-corrected chi connectivity index (χ3v) is 3.68. The van der Waals surface area contributed by atoms with Gasteiger partial charge in [-0.15, -0.1) is 0 Å². The van der Waals surface area contributed by atoms with Crippen molar-refractivity contribution in [3.8, 4) is 0 Å². The monoisotopic (exact) mass is 241 g/mol. The SMILES string of the molecule is NC(=O)C1CNCC1c1cncc2ccccc12. The lowest BCUT2D eigenvalue weighted by molar-refractivity contribution is -0.121. The van der Waals surface area contributed by atoms with Gasteiger partial charge in [0.05, 0.1) is 5.92 Å². The Labute approximate surface area is 105 Å². The molecular formula is C14H15N3O. The highest BCUT2D eigenvalue weighted by molar-refractivity contribution is 5.86. The molecule has 4 heteroatoms. The molecule has 2 unspecified atom stereocenters. The number of rotatable bonds is 2. The normalized spacial score (nSPS) is 23.3. The lowest BCUT2D eigenvalue weighted by atomic mass is 9.87. The minimum absolute atomic E-state index is 0.126. The van der Waals surface area contributed by atoms with Crippen LogP contribution in [-0.2, 0) is 4.79 Å². The van der Waals surface area contributed by atoms with Crippen LogP contribution < -0.4 is 11.1 Å². The van der Waals surface area contributed by atoms with Gasteiger partial charge in [-0.25, -0.2) is 0 Å². The number of carbonyl (C=O) groups is 1. The van der Waals surface area contributed by atoms with Crippen LogP contribution in [0.2, 0.25) is 0 Å². The van der Waals surface area contributed by atoms with Crippen LogP contribution in [0.3, 0.4) is 0 Å². The van der Waals surface area contributed by atoms with Gasteiger partial charge in [0, 0.05) is 36.8 Å². The quantitative estimate of drug-likeness (QED) is 0.825. The Bertz CT molecular complexity index is 591. The van der Waals surface area contributed by atoms with E-state index in [1.54, 1.807) is 0 Å². The molecule has 3 rings (SSSR count). The fraction of sp³-hybridized carbons (Fsp3) is 0.286. The summed E-state index contributed by atoms with van der Waals surface area (Å²) in [7, 11) is 0. The van der Waals surface area contributed by atoms with Crippen molar-refractivity contribution >= 4 is 16.7 Å². The largest absolute Gasteiger partial charge is 0.369 e. The first-order valence-corrected chi connectivity index (χ1v) is 6.10. The van der Waals surface area contributed by atoms with Crippen LogP contribution in [-0.4, -0.2) is 24.0 Å². The summed E-state index contributed by atoms with van der Waals surface area (Å²) in [5.41, 5.74) is 6.58. The molecule has 2 aromatic rings. The minimum atomic E-state index is -0.238. The average Bonchev–Trinajstić information content (AvgIpc) is 2.87. The molecule has 2 atom stereocenters. The summed E-state index contributed by atoms with van der Waals surface area (Å²) in [6.45, 7) is 1.44. The maximum atomic E-state index is 11.5. The van der Waals surface area contributed by atoms with Gasteiger partial charge in [0.25, 0.3) is 0 Å². The second-order valence-electron chi connectivity index (χ2n) is 4.72. The molecule has 1 aromatic carbocycles. The number of fused-ring (bicyclic) bond motifs is 1. The van der Waals surface area contributed by atoms with Gasteiger partial charge in [-0.05, 0) is 10.9 Å². The summed E-state index contributed by atoms with van der Waals surface area (Å²) in [5, 5.41) is 5.50. The molecule has 0 spiro atoms. The van der Waals surface area contributed by atoms with E-state index in [9.17, 15) is 4.79 Å². The lowest BCUT2D eigenvalue weighted by Gasteiger charge is -2.17.